The molecule has 1 fully saturated rings. The minimum absolute atomic E-state index is 0.0795. The average molecular weight is 345 g/mol. The number of carbonyl (C=O) groups is 1. The van der Waals surface area contributed by atoms with Gasteiger partial charge in [-0.3, -0.25) is 4.79 Å². The van der Waals surface area contributed by atoms with Crippen LogP contribution in [0.25, 0.3) is 0 Å². The zero-order chi connectivity index (χ0) is 15.0. The fourth-order valence-electron chi connectivity index (χ4n) is 2.77. The number of rotatable bonds is 4. The zero-order valence-electron chi connectivity index (χ0n) is 12.1. The number of aryl methyl sites for hydroxylation is 1. The van der Waals surface area contributed by atoms with Gasteiger partial charge < -0.3 is 4.74 Å². The normalized spacial score (nSPS) is 20.1. The summed E-state index contributed by atoms with van der Waals surface area (Å²) in [5.74, 6) is 1.28. The Morgan fingerprint density at radius 2 is 1.95 bits per heavy atom. The summed E-state index contributed by atoms with van der Waals surface area (Å²) in [4.78, 5) is 12.7. The third kappa shape index (κ3) is 2.75. The zero-order valence-corrected chi connectivity index (χ0v) is 13.7. The van der Waals surface area contributed by atoms with E-state index in [0.29, 0.717) is 17.2 Å². The summed E-state index contributed by atoms with van der Waals surface area (Å²) in [5.41, 5.74) is 3.00. The van der Waals surface area contributed by atoms with Crippen molar-refractivity contribution in [3.8, 4) is 5.75 Å². The molecule has 0 heterocycles. The average Bonchev–Trinajstić information content (AvgIpc) is 3.30. The fourth-order valence-corrected chi connectivity index (χ4v) is 3.11. The van der Waals surface area contributed by atoms with Crippen molar-refractivity contribution in [2.24, 2.45) is 5.92 Å². The molecule has 1 aliphatic carbocycles. The largest absolute Gasteiger partial charge is 0.496 e. The van der Waals surface area contributed by atoms with Gasteiger partial charge >= 0.3 is 0 Å². The van der Waals surface area contributed by atoms with E-state index in [-0.39, 0.29) is 11.7 Å². The predicted molar refractivity (Wildman–Crippen MR) is 87.1 cm³/mol. The molecular weight excluding hydrogens is 328 g/mol. The van der Waals surface area contributed by atoms with Gasteiger partial charge in [0, 0.05) is 10.4 Å². The second kappa shape index (κ2) is 5.64. The molecule has 1 aliphatic rings. The predicted octanol–water partition coefficient (Wildman–Crippen LogP) is 4.75. The first-order valence-electron chi connectivity index (χ1n) is 7.05. The van der Waals surface area contributed by atoms with E-state index in [2.05, 4.69) is 28.1 Å². The molecule has 2 atom stereocenters. The minimum Gasteiger partial charge on any atom is -0.496 e. The molecule has 0 bridgehead atoms. The van der Waals surface area contributed by atoms with Gasteiger partial charge in [-0.1, -0.05) is 46.3 Å². The SMILES string of the molecule is COc1cc(C)c(Br)cc1C(=O)C1CC1c1ccccc1. The summed E-state index contributed by atoms with van der Waals surface area (Å²) in [5, 5.41) is 0. The number of benzene rings is 2. The molecule has 2 unspecified atom stereocenters. The highest BCUT2D eigenvalue weighted by atomic mass is 79.9. The van der Waals surface area contributed by atoms with Gasteiger partial charge in [0.25, 0.3) is 0 Å². The van der Waals surface area contributed by atoms with E-state index in [4.69, 9.17) is 4.74 Å². The Labute approximate surface area is 133 Å². The van der Waals surface area contributed by atoms with Gasteiger partial charge in [-0.2, -0.15) is 0 Å². The van der Waals surface area contributed by atoms with Crippen LogP contribution < -0.4 is 4.74 Å². The van der Waals surface area contributed by atoms with E-state index < -0.39 is 0 Å². The highest BCUT2D eigenvalue weighted by molar-refractivity contribution is 9.10. The molecule has 1 saturated carbocycles. The van der Waals surface area contributed by atoms with Crippen LogP contribution >= 0.6 is 15.9 Å². The lowest BCUT2D eigenvalue weighted by Crippen LogP contribution is -2.06. The van der Waals surface area contributed by atoms with Gasteiger partial charge in [-0.25, -0.2) is 0 Å². The van der Waals surface area contributed by atoms with Gasteiger partial charge in [-0.05, 0) is 42.5 Å². The second-order valence-corrected chi connectivity index (χ2v) is 6.38. The Morgan fingerprint density at radius 1 is 1.24 bits per heavy atom. The van der Waals surface area contributed by atoms with Gasteiger partial charge in [0.1, 0.15) is 5.75 Å². The molecule has 2 aromatic rings. The monoisotopic (exact) mass is 344 g/mol. The number of carbonyl (C=O) groups excluding carboxylic acids is 1. The molecule has 3 rings (SSSR count). The maximum atomic E-state index is 12.7. The number of ketones is 1. The summed E-state index contributed by atoms with van der Waals surface area (Å²) in [6.45, 7) is 1.99. The lowest BCUT2D eigenvalue weighted by molar-refractivity contribution is 0.0962. The topological polar surface area (TPSA) is 26.3 Å². The van der Waals surface area contributed by atoms with Gasteiger partial charge in [-0.15, -0.1) is 0 Å². The van der Waals surface area contributed by atoms with Crippen LogP contribution in [0.2, 0.25) is 0 Å². The number of ether oxygens (including phenoxy) is 1. The maximum Gasteiger partial charge on any atom is 0.170 e. The highest BCUT2D eigenvalue weighted by Gasteiger charge is 2.44. The third-order valence-corrected chi connectivity index (χ3v) is 4.96. The van der Waals surface area contributed by atoms with Crippen molar-refractivity contribution in [2.45, 2.75) is 19.3 Å². The molecule has 0 aromatic heterocycles. The van der Waals surface area contributed by atoms with E-state index in [1.165, 1.54) is 5.56 Å². The van der Waals surface area contributed by atoms with E-state index >= 15 is 0 Å². The number of methoxy groups -OCH3 is 1. The molecule has 0 amide bonds. The lowest BCUT2D eigenvalue weighted by Gasteiger charge is -2.10. The van der Waals surface area contributed by atoms with E-state index in [9.17, 15) is 4.79 Å². The fraction of sp³-hybridized carbons (Fsp3) is 0.278. The molecule has 2 aromatic carbocycles. The lowest BCUT2D eigenvalue weighted by atomic mass is 10.0. The molecule has 3 heteroatoms. The summed E-state index contributed by atoms with van der Waals surface area (Å²) >= 11 is 3.50. The van der Waals surface area contributed by atoms with Gasteiger partial charge in [0.15, 0.2) is 5.78 Å². The van der Waals surface area contributed by atoms with E-state index in [1.54, 1.807) is 7.11 Å². The highest BCUT2D eigenvalue weighted by Crippen LogP contribution is 2.50. The van der Waals surface area contributed by atoms with Crippen molar-refractivity contribution in [1.29, 1.82) is 0 Å². The van der Waals surface area contributed by atoms with Crippen LogP contribution in [0.3, 0.4) is 0 Å². The summed E-state index contributed by atoms with van der Waals surface area (Å²) in [6, 6.07) is 14.0. The number of hydrogen-bond acceptors (Lipinski definition) is 2. The first kappa shape index (κ1) is 14.3. The van der Waals surface area contributed by atoms with Crippen LogP contribution in [-0.4, -0.2) is 12.9 Å². The Hall–Kier alpha value is -1.61. The summed E-state index contributed by atoms with van der Waals surface area (Å²) < 4.78 is 6.33. The van der Waals surface area contributed by atoms with Crippen molar-refractivity contribution < 1.29 is 9.53 Å². The quantitative estimate of drug-likeness (QED) is 0.748. The molecule has 2 nitrogen and oxygen atoms in total. The van der Waals surface area contributed by atoms with Crippen LogP contribution in [-0.2, 0) is 0 Å². The number of hydrogen-bond donors (Lipinski definition) is 0. The van der Waals surface area contributed by atoms with Crippen LogP contribution in [0.4, 0.5) is 0 Å². The van der Waals surface area contributed by atoms with Crippen molar-refractivity contribution in [1.82, 2.24) is 0 Å². The summed E-state index contributed by atoms with van der Waals surface area (Å²) in [6.07, 6.45) is 0.928. The van der Waals surface area contributed by atoms with E-state index in [0.717, 1.165) is 16.5 Å². The van der Waals surface area contributed by atoms with Crippen molar-refractivity contribution in [2.75, 3.05) is 7.11 Å². The molecular formula is C18H17BrO2. The van der Waals surface area contributed by atoms with Crippen LogP contribution in [0, 0.1) is 12.8 Å². The minimum atomic E-state index is 0.0795. The molecule has 21 heavy (non-hydrogen) atoms. The standard InChI is InChI=1S/C18H17BrO2/c1-11-8-17(21-2)15(10-16(11)19)18(20)14-9-13(14)12-6-4-3-5-7-12/h3-8,10,13-14H,9H2,1-2H3. The van der Waals surface area contributed by atoms with Crippen LogP contribution in [0.5, 0.6) is 5.75 Å². The second-order valence-electron chi connectivity index (χ2n) is 5.53. The van der Waals surface area contributed by atoms with Crippen LogP contribution in [0.15, 0.2) is 46.9 Å². The third-order valence-electron chi connectivity index (χ3n) is 4.10. The number of halogens is 1. The molecule has 0 spiro atoms. The van der Waals surface area contributed by atoms with E-state index in [1.807, 2.05) is 37.3 Å². The van der Waals surface area contributed by atoms with Crippen molar-refractivity contribution >= 4 is 21.7 Å². The Balaban J connectivity index is 1.86. The van der Waals surface area contributed by atoms with Crippen molar-refractivity contribution in [3.05, 3.63) is 63.6 Å². The van der Waals surface area contributed by atoms with Crippen LogP contribution in [0.1, 0.15) is 33.8 Å². The number of Topliss-reactive ketones (excluding diaryl/α,β-unsaturated/α-hetero) is 1. The molecule has 0 saturated heterocycles. The van der Waals surface area contributed by atoms with Crippen molar-refractivity contribution in [3.63, 3.8) is 0 Å². The summed E-state index contributed by atoms with van der Waals surface area (Å²) in [7, 11) is 1.61. The maximum absolute atomic E-state index is 12.7. The molecule has 108 valence electrons. The molecule has 0 aliphatic heterocycles. The first-order chi connectivity index (χ1) is 10.1. The Kier molecular flexibility index (Phi) is 3.85. The molecule has 0 N–H and O–H groups in total. The Morgan fingerprint density at radius 3 is 2.62 bits per heavy atom. The van der Waals surface area contributed by atoms with Gasteiger partial charge in [0.2, 0.25) is 0 Å². The first-order valence-corrected chi connectivity index (χ1v) is 7.84. The smallest absolute Gasteiger partial charge is 0.170 e. The Bertz CT molecular complexity index is 679. The molecule has 0 radical (unpaired) electrons. The van der Waals surface area contributed by atoms with Gasteiger partial charge in [0.05, 0.1) is 12.7 Å².